The Bertz CT molecular complexity index is 1080. The third-order valence-corrected chi connectivity index (χ3v) is 5.92. The van der Waals surface area contributed by atoms with Gasteiger partial charge < -0.3 is 0 Å². The molecule has 2 aromatic heterocycles. The first-order chi connectivity index (χ1) is 13.9. The minimum atomic E-state index is 0.821. The highest BCUT2D eigenvalue weighted by Gasteiger charge is 2.21. The molecule has 138 valence electrons. The van der Waals surface area contributed by atoms with Gasteiger partial charge in [0.25, 0.3) is 0 Å². The lowest BCUT2D eigenvalue weighted by Gasteiger charge is -2.27. The molecule has 3 heterocycles. The van der Waals surface area contributed by atoms with Crippen molar-refractivity contribution in [2.75, 3.05) is 6.54 Å². The summed E-state index contributed by atoms with van der Waals surface area (Å²) in [7, 11) is 0. The first kappa shape index (κ1) is 17.2. The van der Waals surface area contributed by atoms with Crippen LogP contribution in [-0.4, -0.2) is 26.4 Å². The van der Waals surface area contributed by atoms with Crippen molar-refractivity contribution in [1.29, 1.82) is 0 Å². The molecule has 1 aliphatic rings. The van der Waals surface area contributed by atoms with E-state index in [0.717, 1.165) is 43.1 Å². The van der Waals surface area contributed by atoms with Crippen molar-refractivity contribution < 1.29 is 0 Å². The lowest BCUT2D eigenvalue weighted by Crippen LogP contribution is -2.30. The maximum atomic E-state index is 4.83. The topological polar surface area (TPSA) is 41.9 Å². The number of hydrogen-bond donors (Lipinski definition) is 0. The molecule has 0 saturated carbocycles. The van der Waals surface area contributed by atoms with Crippen molar-refractivity contribution in [1.82, 2.24) is 19.9 Å². The van der Waals surface area contributed by atoms with Crippen LogP contribution in [-0.2, 0) is 19.5 Å². The molecule has 0 bridgehead atoms. The molecular weight excluding hydrogens is 364 g/mol. The maximum absolute atomic E-state index is 4.83. The van der Waals surface area contributed by atoms with Gasteiger partial charge in [-0.3, -0.25) is 4.90 Å². The SMILES string of the molecule is c1ccc(-c2ncc3c(n2)CCN(Cc2scnc2-c2ccccc2)C3)cc1. The molecule has 0 amide bonds. The molecule has 0 spiro atoms. The Morgan fingerprint density at radius 3 is 2.43 bits per heavy atom. The first-order valence-corrected chi connectivity index (χ1v) is 10.3. The Morgan fingerprint density at radius 2 is 1.64 bits per heavy atom. The van der Waals surface area contributed by atoms with Crippen LogP contribution in [0.5, 0.6) is 0 Å². The normalized spacial score (nSPS) is 14.0. The van der Waals surface area contributed by atoms with Crippen molar-refractivity contribution >= 4 is 11.3 Å². The van der Waals surface area contributed by atoms with E-state index in [1.807, 2.05) is 36.0 Å². The van der Waals surface area contributed by atoms with Gasteiger partial charge in [-0.25, -0.2) is 15.0 Å². The summed E-state index contributed by atoms with van der Waals surface area (Å²) in [6.07, 6.45) is 2.96. The molecule has 0 atom stereocenters. The van der Waals surface area contributed by atoms with E-state index in [9.17, 15) is 0 Å². The second-order valence-electron chi connectivity index (χ2n) is 6.98. The van der Waals surface area contributed by atoms with Crippen molar-refractivity contribution in [2.45, 2.75) is 19.5 Å². The van der Waals surface area contributed by atoms with Gasteiger partial charge in [0.15, 0.2) is 5.82 Å². The molecule has 4 aromatic rings. The highest BCUT2D eigenvalue weighted by molar-refractivity contribution is 7.10. The van der Waals surface area contributed by atoms with Crippen LogP contribution in [0.25, 0.3) is 22.6 Å². The summed E-state index contributed by atoms with van der Waals surface area (Å²) in [6, 6.07) is 20.6. The molecule has 5 heteroatoms. The zero-order chi connectivity index (χ0) is 18.8. The summed E-state index contributed by atoms with van der Waals surface area (Å²) < 4.78 is 0. The lowest BCUT2D eigenvalue weighted by atomic mass is 10.1. The number of aromatic nitrogens is 3. The fraction of sp³-hybridized carbons (Fsp3) is 0.174. The van der Waals surface area contributed by atoms with Crippen LogP contribution in [0.2, 0.25) is 0 Å². The Labute approximate surface area is 168 Å². The van der Waals surface area contributed by atoms with E-state index < -0.39 is 0 Å². The second kappa shape index (κ2) is 7.62. The van der Waals surface area contributed by atoms with E-state index in [-0.39, 0.29) is 0 Å². The van der Waals surface area contributed by atoms with Gasteiger partial charge in [0.2, 0.25) is 0 Å². The molecule has 28 heavy (non-hydrogen) atoms. The zero-order valence-corrected chi connectivity index (χ0v) is 16.3. The molecule has 0 radical (unpaired) electrons. The molecule has 2 aromatic carbocycles. The quantitative estimate of drug-likeness (QED) is 0.506. The van der Waals surface area contributed by atoms with Gasteiger partial charge >= 0.3 is 0 Å². The van der Waals surface area contributed by atoms with Crippen molar-refractivity contribution in [3.05, 3.63) is 88.5 Å². The van der Waals surface area contributed by atoms with Crippen LogP contribution >= 0.6 is 11.3 Å². The summed E-state index contributed by atoms with van der Waals surface area (Å²) in [5.74, 6) is 0.821. The number of thiazole rings is 1. The number of nitrogens with zero attached hydrogens (tertiary/aromatic N) is 4. The number of hydrogen-bond acceptors (Lipinski definition) is 5. The van der Waals surface area contributed by atoms with E-state index in [1.165, 1.54) is 21.7 Å². The van der Waals surface area contributed by atoms with Gasteiger partial charge in [-0.2, -0.15) is 0 Å². The van der Waals surface area contributed by atoms with Crippen LogP contribution in [0.15, 0.2) is 72.4 Å². The van der Waals surface area contributed by atoms with E-state index in [2.05, 4.69) is 51.3 Å². The zero-order valence-electron chi connectivity index (χ0n) is 15.5. The van der Waals surface area contributed by atoms with E-state index in [0.29, 0.717) is 0 Å². The fourth-order valence-electron chi connectivity index (χ4n) is 3.65. The Kier molecular flexibility index (Phi) is 4.69. The van der Waals surface area contributed by atoms with Gasteiger partial charge in [-0.05, 0) is 0 Å². The van der Waals surface area contributed by atoms with E-state index in [1.54, 1.807) is 11.3 Å². The average Bonchev–Trinajstić information content (AvgIpc) is 3.23. The highest BCUT2D eigenvalue weighted by atomic mass is 32.1. The van der Waals surface area contributed by atoms with Crippen LogP contribution in [0, 0.1) is 0 Å². The molecule has 5 rings (SSSR count). The van der Waals surface area contributed by atoms with E-state index in [4.69, 9.17) is 4.98 Å². The molecule has 4 nitrogen and oxygen atoms in total. The van der Waals surface area contributed by atoms with E-state index >= 15 is 0 Å². The molecule has 1 aliphatic heterocycles. The molecule has 0 unspecified atom stereocenters. The van der Waals surface area contributed by atoms with Gasteiger partial charge in [-0.1, -0.05) is 60.7 Å². The smallest absolute Gasteiger partial charge is 0.159 e. The maximum Gasteiger partial charge on any atom is 0.159 e. The van der Waals surface area contributed by atoms with Gasteiger partial charge in [0, 0.05) is 53.8 Å². The molecule has 0 aliphatic carbocycles. The molecule has 0 N–H and O–H groups in total. The predicted octanol–water partition coefficient (Wildman–Crippen LogP) is 4.83. The predicted molar refractivity (Wildman–Crippen MR) is 113 cm³/mol. The summed E-state index contributed by atoms with van der Waals surface area (Å²) in [4.78, 5) is 17.8. The minimum absolute atomic E-state index is 0.821. The Hall–Kier alpha value is -2.89. The number of benzene rings is 2. The number of rotatable bonds is 4. The number of fused-ring (bicyclic) bond motifs is 1. The Balaban J connectivity index is 1.34. The van der Waals surface area contributed by atoms with Crippen molar-refractivity contribution in [3.63, 3.8) is 0 Å². The highest BCUT2D eigenvalue weighted by Crippen LogP contribution is 2.28. The molecule has 0 saturated heterocycles. The van der Waals surface area contributed by atoms with Crippen molar-refractivity contribution in [3.8, 4) is 22.6 Å². The third kappa shape index (κ3) is 3.46. The summed E-state index contributed by atoms with van der Waals surface area (Å²) in [5.41, 5.74) is 7.73. The van der Waals surface area contributed by atoms with Gasteiger partial charge in [0.05, 0.1) is 16.9 Å². The second-order valence-corrected chi connectivity index (χ2v) is 7.92. The van der Waals surface area contributed by atoms with Gasteiger partial charge in [0.1, 0.15) is 0 Å². The minimum Gasteiger partial charge on any atom is -0.293 e. The standard InChI is InChI=1S/C23H20N4S/c1-3-7-17(8-4-1)22-21(28-16-25-22)15-27-12-11-20-19(14-27)13-24-23(26-20)18-9-5-2-6-10-18/h1-10,13,16H,11-12,14-15H2. The summed E-state index contributed by atoms with van der Waals surface area (Å²) in [5, 5.41) is 0. The first-order valence-electron chi connectivity index (χ1n) is 9.47. The molecular formula is C23H20N4S. The lowest BCUT2D eigenvalue weighted by molar-refractivity contribution is 0.245. The molecule has 0 fully saturated rings. The summed E-state index contributed by atoms with van der Waals surface area (Å²) >= 11 is 1.74. The van der Waals surface area contributed by atoms with Gasteiger partial charge in [-0.15, -0.1) is 11.3 Å². The van der Waals surface area contributed by atoms with Crippen LogP contribution in [0.3, 0.4) is 0 Å². The Morgan fingerprint density at radius 1 is 0.893 bits per heavy atom. The average molecular weight is 385 g/mol. The fourth-order valence-corrected chi connectivity index (χ4v) is 4.48. The van der Waals surface area contributed by atoms with Crippen molar-refractivity contribution in [2.24, 2.45) is 0 Å². The summed E-state index contributed by atoms with van der Waals surface area (Å²) in [6.45, 7) is 2.80. The van der Waals surface area contributed by atoms with Crippen LogP contribution < -0.4 is 0 Å². The van der Waals surface area contributed by atoms with Crippen LogP contribution in [0.4, 0.5) is 0 Å². The monoisotopic (exact) mass is 384 g/mol. The largest absolute Gasteiger partial charge is 0.293 e. The van der Waals surface area contributed by atoms with Crippen LogP contribution in [0.1, 0.15) is 16.1 Å². The third-order valence-electron chi connectivity index (χ3n) is 5.10.